The fourth-order valence-electron chi connectivity index (χ4n) is 2.18. The van der Waals surface area contributed by atoms with Crippen LogP contribution < -0.4 is 5.73 Å². The zero-order chi connectivity index (χ0) is 14.5. The first-order valence-corrected chi connectivity index (χ1v) is 7.11. The van der Waals surface area contributed by atoms with Crippen LogP contribution in [0.2, 0.25) is 5.02 Å². The second-order valence-electron chi connectivity index (χ2n) is 5.20. The summed E-state index contributed by atoms with van der Waals surface area (Å²) in [4.78, 5) is 2.11. The monoisotopic (exact) mass is 292 g/mol. The van der Waals surface area contributed by atoms with Crippen LogP contribution in [-0.4, -0.2) is 35.3 Å². The van der Waals surface area contributed by atoms with Gasteiger partial charge in [0, 0.05) is 6.54 Å². The summed E-state index contributed by atoms with van der Waals surface area (Å²) >= 11 is 6.24. The van der Waals surface area contributed by atoms with E-state index in [1.807, 2.05) is 37.0 Å². The molecule has 1 unspecified atom stereocenters. The van der Waals surface area contributed by atoms with Crippen molar-refractivity contribution in [1.29, 1.82) is 0 Å². The van der Waals surface area contributed by atoms with E-state index in [2.05, 4.69) is 22.1 Å². The number of nitrogens with zero attached hydrogens (tertiary/aromatic N) is 3. The van der Waals surface area contributed by atoms with Crippen molar-refractivity contribution in [3.8, 4) is 0 Å². The van der Waals surface area contributed by atoms with Crippen LogP contribution in [-0.2, 0) is 13.0 Å². The lowest BCUT2D eigenvalue weighted by Gasteiger charge is -2.17. The molecule has 1 atom stereocenters. The van der Waals surface area contributed by atoms with Crippen molar-refractivity contribution in [3.05, 3.63) is 52.8 Å². The molecule has 0 radical (unpaired) electrons. The number of benzene rings is 1. The minimum absolute atomic E-state index is 0.144. The average Bonchev–Trinajstić information content (AvgIpc) is 2.78. The molecule has 0 bridgehead atoms. The van der Waals surface area contributed by atoms with Gasteiger partial charge in [-0.25, -0.2) is 0 Å². The largest absolute Gasteiger partial charge is 0.322 e. The molecule has 2 rings (SSSR count). The molecule has 4 nitrogen and oxygen atoms in total. The molecule has 1 aromatic carbocycles. The average molecular weight is 293 g/mol. The highest BCUT2D eigenvalue weighted by molar-refractivity contribution is 6.31. The number of nitrogens with two attached hydrogens (primary N) is 1. The third-order valence-electron chi connectivity index (χ3n) is 3.24. The second kappa shape index (κ2) is 6.88. The zero-order valence-electron chi connectivity index (χ0n) is 12.0. The zero-order valence-corrected chi connectivity index (χ0v) is 12.7. The normalized spacial score (nSPS) is 12.8. The summed E-state index contributed by atoms with van der Waals surface area (Å²) in [7, 11) is 4.07. The Morgan fingerprint density at radius 3 is 2.65 bits per heavy atom. The first-order valence-electron chi connectivity index (χ1n) is 6.73. The Bertz CT molecular complexity index is 536. The molecule has 0 fully saturated rings. The Kier molecular flexibility index (Phi) is 5.17. The van der Waals surface area contributed by atoms with Crippen molar-refractivity contribution in [2.45, 2.75) is 19.0 Å². The van der Waals surface area contributed by atoms with Gasteiger partial charge in [-0.1, -0.05) is 41.9 Å². The first kappa shape index (κ1) is 15.0. The third kappa shape index (κ3) is 3.82. The molecule has 0 aliphatic rings. The van der Waals surface area contributed by atoms with Gasteiger partial charge in [0.05, 0.1) is 29.5 Å². The summed E-state index contributed by atoms with van der Waals surface area (Å²) in [6.45, 7) is 1.70. The molecule has 5 heteroatoms. The van der Waals surface area contributed by atoms with Crippen LogP contribution in [0.1, 0.15) is 17.3 Å². The van der Waals surface area contributed by atoms with Crippen molar-refractivity contribution in [3.63, 3.8) is 0 Å². The lowest BCUT2D eigenvalue weighted by Crippen LogP contribution is -2.24. The van der Waals surface area contributed by atoms with Crippen molar-refractivity contribution < 1.29 is 0 Å². The highest BCUT2D eigenvalue weighted by Crippen LogP contribution is 2.24. The minimum atomic E-state index is -0.144. The van der Waals surface area contributed by atoms with Gasteiger partial charge in [0.25, 0.3) is 0 Å². The van der Waals surface area contributed by atoms with Gasteiger partial charge in [-0.15, -0.1) is 0 Å². The summed E-state index contributed by atoms with van der Waals surface area (Å²) in [6.07, 6.45) is 2.44. The van der Waals surface area contributed by atoms with Crippen molar-refractivity contribution in [1.82, 2.24) is 14.7 Å². The van der Waals surface area contributed by atoms with Crippen molar-refractivity contribution in [2.75, 3.05) is 20.6 Å². The highest BCUT2D eigenvalue weighted by atomic mass is 35.5. The van der Waals surface area contributed by atoms with Gasteiger partial charge >= 0.3 is 0 Å². The molecule has 0 aliphatic carbocycles. The number of hydrogen-bond acceptors (Lipinski definition) is 3. The molecule has 0 amide bonds. The molecule has 108 valence electrons. The van der Waals surface area contributed by atoms with Crippen LogP contribution in [0.5, 0.6) is 0 Å². The van der Waals surface area contributed by atoms with Gasteiger partial charge in [-0.05, 0) is 26.1 Å². The lowest BCUT2D eigenvalue weighted by atomic mass is 10.0. The summed E-state index contributed by atoms with van der Waals surface area (Å²) in [5.74, 6) is 0. The van der Waals surface area contributed by atoms with Crippen LogP contribution in [0, 0.1) is 0 Å². The Morgan fingerprint density at radius 2 is 2.00 bits per heavy atom. The molecule has 20 heavy (non-hydrogen) atoms. The number of aromatic nitrogens is 2. The molecule has 0 spiro atoms. The Morgan fingerprint density at radius 1 is 1.30 bits per heavy atom. The molecule has 1 aromatic heterocycles. The maximum atomic E-state index is 6.32. The standard InChI is InChI=1S/C15H21ClN4/c1-19(2)8-9-20-15(13(16)11-18-20)14(17)10-12-6-4-3-5-7-12/h3-7,11,14H,8-10,17H2,1-2H3. The topological polar surface area (TPSA) is 47.1 Å². The quantitative estimate of drug-likeness (QED) is 0.889. The summed E-state index contributed by atoms with van der Waals surface area (Å²) < 4.78 is 1.91. The maximum Gasteiger partial charge on any atom is 0.0834 e. The molecule has 0 saturated carbocycles. The van der Waals surface area contributed by atoms with Gasteiger partial charge in [0.2, 0.25) is 0 Å². The number of halogens is 1. The van der Waals surface area contributed by atoms with E-state index in [0.29, 0.717) is 5.02 Å². The molecule has 2 N–H and O–H groups in total. The van der Waals surface area contributed by atoms with Gasteiger partial charge in [-0.2, -0.15) is 5.10 Å². The third-order valence-corrected chi connectivity index (χ3v) is 3.53. The van der Waals surface area contributed by atoms with Gasteiger partial charge in [-0.3, -0.25) is 4.68 Å². The van der Waals surface area contributed by atoms with Crippen LogP contribution >= 0.6 is 11.6 Å². The molecule has 0 aliphatic heterocycles. The number of likely N-dealkylation sites (N-methyl/N-ethyl adjacent to an activating group) is 1. The molecular weight excluding hydrogens is 272 g/mol. The van der Waals surface area contributed by atoms with E-state index in [-0.39, 0.29) is 6.04 Å². The van der Waals surface area contributed by atoms with E-state index >= 15 is 0 Å². The molecular formula is C15H21ClN4. The summed E-state index contributed by atoms with van der Waals surface area (Å²) in [6, 6.07) is 10.1. The smallest absolute Gasteiger partial charge is 0.0834 e. The lowest BCUT2D eigenvalue weighted by molar-refractivity contribution is 0.366. The van der Waals surface area contributed by atoms with E-state index in [0.717, 1.165) is 25.2 Å². The highest BCUT2D eigenvalue weighted by Gasteiger charge is 2.17. The number of hydrogen-bond donors (Lipinski definition) is 1. The fourth-order valence-corrected chi connectivity index (χ4v) is 2.46. The van der Waals surface area contributed by atoms with E-state index in [4.69, 9.17) is 17.3 Å². The predicted octanol–water partition coefficient (Wildman–Crippen LogP) is 2.34. The van der Waals surface area contributed by atoms with Gasteiger partial charge in [0.15, 0.2) is 0 Å². The van der Waals surface area contributed by atoms with E-state index in [1.165, 1.54) is 5.56 Å². The minimum Gasteiger partial charge on any atom is -0.322 e. The van der Waals surface area contributed by atoms with E-state index < -0.39 is 0 Å². The SMILES string of the molecule is CN(C)CCn1ncc(Cl)c1C(N)Cc1ccccc1. The Labute approximate surface area is 125 Å². The number of rotatable bonds is 6. The van der Waals surface area contributed by atoms with Gasteiger partial charge < -0.3 is 10.6 Å². The van der Waals surface area contributed by atoms with Crippen LogP contribution in [0.3, 0.4) is 0 Å². The van der Waals surface area contributed by atoms with Crippen LogP contribution in [0.15, 0.2) is 36.5 Å². The van der Waals surface area contributed by atoms with Crippen LogP contribution in [0.4, 0.5) is 0 Å². The summed E-state index contributed by atoms with van der Waals surface area (Å²) in [5, 5.41) is 4.97. The van der Waals surface area contributed by atoms with Crippen molar-refractivity contribution >= 4 is 11.6 Å². The van der Waals surface area contributed by atoms with Gasteiger partial charge in [0.1, 0.15) is 0 Å². The second-order valence-corrected chi connectivity index (χ2v) is 5.61. The first-order chi connectivity index (χ1) is 9.58. The maximum absolute atomic E-state index is 6.32. The summed E-state index contributed by atoms with van der Waals surface area (Å²) in [5.41, 5.74) is 8.44. The molecule has 1 heterocycles. The van der Waals surface area contributed by atoms with Crippen LogP contribution in [0.25, 0.3) is 0 Å². The van der Waals surface area contributed by atoms with E-state index in [1.54, 1.807) is 6.20 Å². The molecule has 2 aromatic rings. The Hall–Kier alpha value is -1.36. The van der Waals surface area contributed by atoms with E-state index in [9.17, 15) is 0 Å². The Balaban J connectivity index is 2.12. The fraction of sp³-hybridized carbons (Fsp3) is 0.400. The van der Waals surface area contributed by atoms with Crippen molar-refractivity contribution in [2.24, 2.45) is 5.73 Å². The predicted molar refractivity (Wildman–Crippen MR) is 82.9 cm³/mol. The molecule has 0 saturated heterocycles.